The molecule has 0 amide bonds. The van der Waals surface area contributed by atoms with Crippen LogP contribution in [0.4, 0.5) is 5.69 Å². The van der Waals surface area contributed by atoms with E-state index in [1.165, 1.54) is 27.9 Å². The molecule has 1 saturated heterocycles. The summed E-state index contributed by atoms with van der Waals surface area (Å²) in [4.78, 5) is 7.21. The van der Waals surface area contributed by atoms with Gasteiger partial charge < -0.3 is 9.64 Å². The van der Waals surface area contributed by atoms with Crippen molar-refractivity contribution in [1.82, 2.24) is 14.6 Å². The van der Waals surface area contributed by atoms with Crippen molar-refractivity contribution < 1.29 is 4.74 Å². The van der Waals surface area contributed by atoms with Crippen LogP contribution < -0.4 is 4.90 Å². The van der Waals surface area contributed by atoms with Crippen molar-refractivity contribution in [1.29, 1.82) is 0 Å². The summed E-state index contributed by atoms with van der Waals surface area (Å²) in [6.45, 7) is 3.45. The van der Waals surface area contributed by atoms with Gasteiger partial charge in [-0.05, 0) is 41.5 Å². The average Bonchev–Trinajstić information content (AvgIpc) is 3.25. The van der Waals surface area contributed by atoms with Gasteiger partial charge in [0.15, 0.2) is 5.65 Å². The first-order valence-electron chi connectivity index (χ1n) is 6.70. The van der Waals surface area contributed by atoms with E-state index in [9.17, 15) is 0 Å². The normalized spacial score (nSPS) is 20.2. The minimum Gasteiger partial charge on any atom is -0.378 e. The van der Waals surface area contributed by atoms with Crippen molar-refractivity contribution in [3.63, 3.8) is 0 Å². The Labute approximate surface area is 125 Å². The summed E-state index contributed by atoms with van der Waals surface area (Å²) in [5.74, 6) is 0.658. The number of imidazole rings is 1. The van der Waals surface area contributed by atoms with Gasteiger partial charge in [0.05, 0.1) is 30.8 Å². The van der Waals surface area contributed by atoms with Crippen molar-refractivity contribution >= 4 is 33.9 Å². The quantitative estimate of drug-likeness (QED) is 0.759. The smallest absolute Gasteiger partial charge is 0.178 e. The molecule has 4 rings (SSSR count). The van der Waals surface area contributed by atoms with Crippen LogP contribution in [0.5, 0.6) is 0 Å². The second-order valence-electron chi connectivity index (χ2n) is 5.11. The maximum Gasteiger partial charge on any atom is 0.178 e. The lowest BCUT2D eigenvalue weighted by atomic mass is 10.3. The highest BCUT2D eigenvalue weighted by Gasteiger charge is 2.30. The van der Waals surface area contributed by atoms with Crippen molar-refractivity contribution in [2.45, 2.75) is 18.8 Å². The number of hydrogen-bond donors (Lipinski definition) is 0. The maximum absolute atomic E-state index is 5.42. The summed E-state index contributed by atoms with van der Waals surface area (Å²) in [5, 5.41) is 4.46. The number of halogens is 1. The lowest BCUT2D eigenvalue weighted by Gasteiger charge is -2.28. The molecule has 100 valence electrons. The first-order valence-corrected chi connectivity index (χ1v) is 7.78. The zero-order valence-corrected chi connectivity index (χ0v) is 12.7. The standard InChI is InChI=1S/C13H15IN4O/c14-12-11(9-1-2-9)16-13-10(3-4-15-18(12)13)17-5-7-19-8-6-17/h3-4,9H,1-2,5-8H2. The van der Waals surface area contributed by atoms with Gasteiger partial charge in [-0.15, -0.1) is 0 Å². The molecule has 3 heterocycles. The van der Waals surface area contributed by atoms with Crippen LogP contribution >= 0.6 is 22.6 Å². The van der Waals surface area contributed by atoms with E-state index in [0.717, 1.165) is 32.0 Å². The molecule has 1 aliphatic heterocycles. The molecule has 1 saturated carbocycles. The van der Waals surface area contributed by atoms with E-state index in [4.69, 9.17) is 9.72 Å². The van der Waals surface area contributed by atoms with Crippen LogP contribution in [-0.4, -0.2) is 40.9 Å². The lowest BCUT2D eigenvalue weighted by molar-refractivity contribution is 0.123. The number of rotatable bonds is 2. The van der Waals surface area contributed by atoms with E-state index in [0.29, 0.717) is 5.92 Å². The molecule has 2 aliphatic rings. The molecule has 19 heavy (non-hydrogen) atoms. The maximum atomic E-state index is 5.42. The van der Waals surface area contributed by atoms with Crippen molar-refractivity contribution in [3.8, 4) is 0 Å². The minimum atomic E-state index is 0.658. The Balaban J connectivity index is 1.83. The predicted octanol–water partition coefficient (Wildman–Crippen LogP) is 2.05. The highest BCUT2D eigenvalue weighted by atomic mass is 127. The van der Waals surface area contributed by atoms with E-state index in [1.54, 1.807) is 0 Å². The van der Waals surface area contributed by atoms with Gasteiger partial charge in [0.2, 0.25) is 0 Å². The average molecular weight is 370 g/mol. The van der Waals surface area contributed by atoms with Crippen molar-refractivity contribution in [2.75, 3.05) is 31.2 Å². The van der Waals surface area contributed by atoms with Gasteiger partial charge in [-0.2, -0.15) is 5.10 Å². The highest BCUT2D eigenvalue weighted by Crippen LogP contribution is 2.42. The number of hydrogen-bond acceptors (Lipinski definition) is 4. The Morgan fingerprint density at radius 3 is 2.79 bits per heavy atom. The predicted molar refractivity (Wildman–Crippen MR) is 80.7 cm³/mol. The van der Waals surface area contributed by atoms with Crippen LogP contribution in [0, 0.1) is 3.70 Å². The van der Waals surface area contributed by atoms with Crippen LogP contribution in [-0.2, 0) is 4.74 Å². The molecule has 0 unspecified atom stereocenters. The van der Waals surface area contributed by atoms with E-state index >= 15 is 0 Å². The minimum absolute atomic E-state index is 0.658. The summed E-state index contributed by atoms with van der Waals surface area (Å²) in [7, 11) is 0. The summed E-state index contributed by atoms with van der Waals surface area (Å²) in [6.07, 6.45) is 4.41. The zero-order chi connectivity index (χ0) is 12.8. The topological polar surface area (TPSA) is 42.7 Å². The van der Waals surface area contributed by atoms with Crippen LogP contribution in [0.2, 0.25) is 0 Å². The van der Waals surface area contributed by atoms with Gasteiger partial charge in [-0.3, -0.25) is 0 Å². The highest BCUT2D eigenvalue weighted by molar-refractivity contribution is 14.1. The molecule has 2 aromatic heterocycles. The molecular weight excluding hydrogens is 355 g/mol. The monoisotopic (exact) mass is 370 g/mol. The van der Waals surface area contributed by atoms with Gasteiger partial charge in [0, 0.05) is 19.0 Å². The Hall–Kier alpha value is -0.890. The molecule has 2 fully saturated rings. The fourth-order valence-corrected chi connectivity index (χ4v) is 3.51. The molecule has 0 N–H and O–H groups in total. The largest absolute Gasteiger partial charge is 0.378 e. The molecule has 0 aromatic carbocycles. The molecule has 0 atom stereocenters. The second-order valence-corrected chi connectivity index (χ2v) is 6.14. The summed E-state index contributed by atoms with van der Waals surface area (Å²) in [5.41, 5.74) is 3.41. The number of ether oxygens (including phenoxy) is 1. The summed E-state index contributed by atoms with van der Waals surface area (Å²) >= 11 is 2.37. The fraction of sp³-hybridized carbons (Fsp3) is 0.538. The molecule has 2 aromatic rings. The van der Waals surface area contributed by atoms with Crippen LogP contribution in [0.1, 0.15) is 24.5 Å². The Bertz CT molecular complexity index is 616. The number of morpholine rings is 1. The Morgan fingerprint density at radius 1 is 1.26 bits per heavy atom. The number of aromatic nitrogens is 3. The van der Waals surface area contributed by atoms with E-state index in [2.05, 4.69) is 38.7 Å². The van der Waals surface area contributed by atoms with Crippen molar-refractivity contribution in [2.24, 2.45) is 0 Å². The molecule has 0 bridgehead atoms. The van der Waals surface area contributed by atoms with Gasteiger partial charge in [0.1, 0.15) is 3.70 Å². The summed E-state index contributed by atoms with van der Waals surface area (Å²) in [6, 6.07) is 2.07. The number of anilines is 1. The van der Waals surface area contributed by atoms with Gasteiger partial charge >= 0.3 is 0 Å². The molecular formula is C13H15IN4O. The molecule has 0 radical (unpaired) electrons. The van der Waals surface area contributed by atoms with Crippen LogP contribution in [0.25, 0.3) is 5.65 Å². The third-order valence-electron chi connectivity index (χ3n) is 3.78. The van der Waals surface area contributed by atoms with Crippen molar-refractivity contribution in [3.05, 3.63) is 21.7 Å². The Kier molecular flexibility index (Phi) is 2.87. The molecule has 6 heteroatoms. The molecule has 0 spiro atoms. The van der Waals surface area contributed by atoms with Gasteiger partial charge in [0.25, 0.3) is 0 Å². The second kappa shape index (κ2) is 4.59. The van der Waals surface area contributed by atoms with Crippen LogP contribution in [0.15, 0.2) is 12.3 Å². The third-order valence-corrected chi connectivity index (χ3v) is 4.79. The third kappa shape index (κ3) is 2.01. The molecule has 5 nitrogen and oxygen atoms in total. The van der Waals surface area contributed by atoms with E-state index in [1.807, 2.05) is 10.7 Å². The Morgan fingerprint density at radius 2 is 2.05 bits per heavy atom. The lowest BCUT2D eigenvalue weighted by Crippen LogP contribution is -2.36. The number of nitrogens with zero attached hydrogens (tertiary/aromatic N) is 4. The SMILES string of the molecule is Ic1c(C2CC2)nc2c(N3CCOCC3)ccnn12. The van der Waals surface area contributed by atoms with Crippen LogP contribution in [0.3, 0.4) is 0 Å². The van der Waals surface area contributed by atoms with E-state index in [-0.39, 0.29) is 0 Å². The van der Waals surface area contributed by atoms with E-state index < -0.39 is 0 Å². The van der Waals surface area contributed by atoms with Gasteiger partial charge in [-0.1, -0.05) is 0 Å². The zero-order valence-electron chi connectivity index (χ0n) is 10.5. The molecule has 1 aliphatic carbocycles. The fourth-order valence-electron chi connectivity index (χ4n) is 2.59. The first-order chi connectivity index (χ1) is 9.34. The first kappa shape index (κ1) is 11.9. The number of fused-ring (bicyclic) bond motifs is 1. The van der Waals surface area contributed by atoms with Gasteiger partial charge in [-0.25, -0.2) is 9.50 Å². The summed E-state index contributed by atoms with van der Waals surface area (Å²) < 4.78 is 8.58.